The summed E-state index contributed by atoms with van der Waals surface area (Å²) in [5.41, 5.74) is 1.35. The van der Waals surface area contributed by atoms with Crippen LogP contribution >= 0.6 is 11.3 Å². The monoisotopic (exact) mass is 437 g/mol. The third-order valence-corrected chi connectivity index (χ3v) is 5.88. The minimum absolute atomic E-state index is 0.00934. The number of benzene rings is 2. The zero-order valence-electron chi connectivity index (χ0n) is 16.6. The van der Waals surface area contributed by atoms with E-state index in [1.54, 1.807) is 23.6 Å². The van der Waals surface area contributed by atoms with Crippen molar-refractivity contribution in [3.05, 3.63) is 104 Å². The Kier molecular flexibility index (Phi) is 6.08. The molecule has 0 aliphatic carbocycles. The molecule has 0 spiro atoms. The maximum atomic E-state index is 13.2. The van der Waals surface area contributed by atoms with E-state index in [1.807, 2.05) is 30.3 Å². The van der Waals surface area contributed by atoms with Gasteiger partial charge < -0.3 is 5.32 Å². The molecular formula is C23H20FN3O3S. The summed E-state index contributed by atoms with van der Waals surface area (Å²) >= 11 is 1.25. The molecule has 158 valence electrons. The summed E-state index contributed by atoms with van der Waals surface area (Å²) in [7, 11) is 0. The van der Waals surface area contributed by atoms with E-state index in [4.69, 9.17) is 0 Å². The van der Waals surface area contributed by atoms with Crippen molar-refractivity contribution in [1.29, 1.82) is 0 Å². The average molecular weight is 437 g/mol. The molecule has 0 saturated heterocycles. The number of carbonyl (C=O) groups is 1. The molecule has 0 fully saturated rings. The number of halogens is 1. The van der Waals surface area contributed by atoms with Crippen molar-refractivity contribution in [1.82, 2.24) is 14.5 Å². The zero-order chi connectivity index (χ0) is 21.8. The summed E-state index contributed by atoms with van der Waals surface area (Å²) < 4.78 is 16.3. The molecule has 0 radical (unpaired) electrons. The summed E-state index contributed by atoms with van der Waals surface area (Å²) in [6, 6.07) is 17.1. The van der Waals surface area contributed by atoms with Gasteiger partial charge in [0.1, 0.15) is 10.5 Å². The molecule has 0 aliphatic heterocycles. The van der Waals surface area contributed by atoms with Gasteiger partial charge in [-0.2, -0.15) is 0 Å². The SMILES string of the molecule is O=C(CCn1c(=O)c2sccc2n(Cc2ccc(F)cc2)c1=O)NCc1ccccc1. The van der Waals surface area contributed by atoms with Crippen LogP contribution in [-0.4, -0.2) is 15.0 Å². The number of carbonyl (C=O) groups excluding carboxylic acids is 1. The lowest BCUT2D eigenvalue weighted by Crippen LogP contribution is -2.40. The van der Waals surface area contributed by atoms with Gasteiger partial charge in [0, 0.05) is 19.5 Å². The third-order valence-electron chi connectivity index (χ3n) is 4.99. The number of thiophene rings is 1. The Hall–Kier alpha value is -3.52. The standard InChI is InChI=1S/C23H20FN3O3S/c24-18-8-6-17(7-9-18)15-27-19-11-13-31-21(19)22(29)26(23(27)30)12-10-20(28)25-14-16-4-2-1-3-5-16/h1-9,11,13H,10,12,14-15H2,(H,25,28). The fraction of sp³-hybridized carbons (Fsp3) is 0.174. The number of hydrogen-bond acceptors (Lipinski definition) is 4. The Morgan fingerprint density at radius 3 is 2.42 bits per heavy atom. The van der Waals surface area contributed by atoms with E-state index in [2.05, 4.69) is 5.32 Å². The number of aromatic nitrogens is 2. The normalized spacial score (nSPS) is 11.0. The van der Waals surface area contributed by atoms with Crippen LogP contribution in [0.3, 0.4) is 0 Å². The van der Waals surface area contributed by atoms with Crippen molar-refractivity contribution >= 4 is 27.5 Å². The van der Waals surface area contributed by atoms with Crippen molar-refractivity contribution in [3.8, 4) is 0 Å². The van der Waals surface area contributed by atoms with Gasteiger partial charge in [-0.15, -0.1) is 11.3 Å². The van der Waals surface area contributed by atoms with E-state index >= 15 is 0 Å². The minimum Gasteiger partial charge on any atom is -0.352 e. The van der Waals surface area contributed by atoms with Gasteiger partial charge >= 0.3 is 5.69 Å². The molecule has 31 heavy (non-hydrogen) atoms. The first-order valence-electron chi connectivity index (χ1n) is 9.79. The Labute approximate surface area is 181 Å². The zero-order valence-corrected chi connectivity index (χ0v) is 17.4. The molecule has 1 amide bonds. The summed E-state index contributed by atoms with van der Waals surface area (Å²) in [5.74, 6) is -0.602. The molecule has 0 unspecified atom stereocenters. The number of hydrogen-bond donors (Lipinski definition) is 1. The maximum Gasteiger partial charge on any atom is 0.331 e. The topological polar surface area (TPSA) is 73.1 Å². The van der Waals surface area contributed by atoms with Crippen LogP contribution in [0.2, 0.25) is 0 Å². The first-order chi connectivity index (χ1) is 15.0. The molecule has 2 heterocycles. The van der Waals surface area contributed by atoms with Gasteiger partial charge in [0.25, 0.3) is 5.56 Å². The fourth-order valence-corrected chi connectivity index (χ4v) is 4.20. The predicted molar refractivity (Wildman–Crippen MR) is 119 cm³/mol. The second kappa shape index (κ2) is 9.09. The van der Waals surface area contributed by atoms with Gasteiger partial charge in [-0.05, 0) is 34.7 Å². The highest BCUT2D eigenvalue weighted by Crippen LogP contribution is 2.16. The Morgan fingerprint density at radius 2 is 1.68 bits per heavy atom. The highest BCUT2D eigenvalue weighted by molar-refractivity contribution is 7.17. The van der Waals surface area contributed by atoms with Gasteiger partial charge in [0.2, 0.25) is 5.91 Å². The van der Waals surface area contributed by atoms with Crippen molar-refractivity contribution in [2.24, 2.45) is 0 Å². The van der Waals surface area contributed by atoms with E-state index < -0.39 is 11.2 Å². The lowest BCUT2D eigenvalue weighted by Gasteiger charge is -2.12. The fourth-order valence-electron chi connectivity index (χ4n) is 3.35. The number of amides is 1. The van der Waals surface area contributed by atoms with Crippen molar-refractivity contribution in [2.45, 2.75) is 26.1 Å². The second-order valence-electron chi connectivity index (χ2n) is 7.10. The molecule has 6 nitrogen and oxygen atoms in total. The lowest BCUT2D eigenvalue weighted by atomic mass is 10.2. The van der Waals surface area contributed by atoms with Crippen molar-refractivity contribution < 1.29 is 9.18 Å². The predicted octanol–water partition coefficient (Wildman–Crippen LogP) is 3.12. The van der Waals surface area contributed by atoms with E-state index in [0.717, 1.165) is 15.7 Å². The smallest absolute Gasteiger partial charge is 0.331 e. The largest absolute Gasteiger partial charge is 0.352 e. The summed E-state index contributed by atoms with van der Waals surface area (Å²) in [6.45, 7) is 0.565. The van der Waals surface area contributed by atoms with Gasteiger partial charge in [-0.25, -0.2) is 9.18 Å². The molecule has 1 N–H and O–H groups in total. The molecule has 0 bridgehead atoms. The summed E-state index contributed by atoms with van der Waals surface area (Å²) in [6.07, 6.45) is 0.00934. The molecule has 0 aliphatic rings. The molecule has 0 saturated carbocycles. The van der Waals surface area contributed by atoms with Crippen LogP contribution in [0.5, 0.6) is 0 Å². The third kappa shape index (κ3) is 4.64. The quantitative estimate of drug-likeness (QED) is 0.483. The molecule has 4 aromatic rings. The highest BCUT2D eigenvalue weighted by atomic mass is 32.1. The Morgan fingerprint density at radius 1 is 0.935 bits per heavy atom. The number of nitrogens with zero attached hydrogens (tertiary/aromatic N) is 2. The lowest BCUT2D eigenvalue weighted by molar-refractivity contribution is -0.121. The summed E-state index contributed by atoms with van der Waals surface area (Å²) in [5, 5.41) is 4.56. The van der Waals surface area contributed by atoms with Crippen LogP contribution in [0, 0.1) is 5.82 Å². The highest BCUT2D eigenvalue weighted by Gasteiger charge is 2.15. The second-order valence-corrected chi connectivity index (χ2v) is 8.02. The van der Waals surface area contributed by atoms with Gasteiger partial charge in [0.05, 0.1) is 12.1 Å². The minimum atomic E-state index is -0.490. The van der Waals surface area contributed by atoms with E-state index in [0.29, 0.717) is 16.8 Å². The van der Waals surface area contributed by atoms with Gasteiger partial charge in [-0.3, -0.25) is 18.7 Å². The first-order valence-corrected chi connectivity index (χ1v) is 10.7. The maximum absolute atomic E-state index is 13.2. The van der Waals surface area contributed by atoms with E-state index in [1.165, 1.54) is 28.0 Å². The number of rotatable bonds is 7. The van der Waals surface area contributed by atoms with Crippen LogP contribution in [-0.2, 0) is 24.4 Å². The van der Waals surface area contributed by atoms with Gasteiger partial charge in [0.15, 0.2) is 0 Å². The van der Waals surface area contributed by atoms with Gasteiger partial charge in [-0.1, -0.05) is 42.5 Å². The average Bonchev–Trinajstić information content (AvgIpc) is 3.27. The Bertz CT molecular complexity index is 1320. The Balaban J connectivity index is 1.56. The van der Waals surface area contributed by atoms with Crippen molar-refractivity contribution in [2.75, 3.05) is 0 Å². The molecule has 2 aromatic carbocycles. The van der Waals surface area contributed by atoms with Crippen LogP contribution in [0.4, 0.5) is 4.39 Å². The van der Waals surface area contributed by atoms with E-state index in [-0.39, 0.29) is 31.2 Å². The molecular weight excluding hydrogens is 417 g/mol. The van der Waals surface area contributed by atoms with Crippen LogP contribution in [0.1, 0.15) is 17.5 Å². The molecule has 8 heteroatoms. The van der Waals surface area contributed by atoms with E-state index in [9.17, 15) is 18.8 Å². The molecule has 0 atom stereocenters. The molecule has 4 rings (SSSR count). The van der Waals surface area contributed by atoms with Crippen molar-refractivity contribution in [3.63, 3.8) is 0 Å². The summed E-state index contributed by atoms with van der Waals surface area (Å²) in [4.78, 5) is 38.2. The number of fused-ring (bicyclic) bond motifs is 1. The van der Waals surface area contributed by atoms with Crippen LogP contribution in [0.25, 0.3) is 10.2 Å². The van der Waals surface area contributed by atoms with Crippen LogP contribution in [0.15, 0.2) is 75.6 Å². The van der Waals surface area contributed by atoms with Crippen LogP contribution < -0.4 is 16.6 Å². The first kappa shape index (κ1) is 20.7. The molecule has 2 aromatic heterocycles. The number of nitrogens with one attached hydrogen (secondary N) is 1.